The Morgan fingerprint density at radius 2 is 2.00 bits per heavy atom. The number of ether oxygens (including phenoxy) is 2. The summed E-state index contributed by atoms with van der Waals surface area (Å²) in [5.41, 5.74) is -0.168. The molecule has 1 saturated heterocycles. The van der Waals surface area contributed by atoms with Crippen molar-refractivity contribution in [1.82, 2.24) is 0 Å². The van der Waals surface area contributed by atoms with Gasteiger partial charge in [-0.15, -0.1) is 0 Å². The largest absolute Gasteiger partial charge is 0.472 e. The third kappa shape index (κ3) is 2.79. The summed E-state index contributed by atoms with van der Waals surface area (Å²) in [5, 5.41) is 22.9. The van der Waals surface area contributed by atoms with Crippen molar-refractivity contribution < 1.29 is 33.7 Å². The number of furan rings is 1. The molecule has 4 aliphatic rings. The van der Waals surface area contributed by atoms with Crippen molar-refractivity contribution in [2.45, 2.75) is 70.4 Å². The van der Waals surface area contributed by atoms with Crippen molar-refractivity contribution in [2.75, 3.05) is 7.11 Å². The van der Waals surface area contributed by atoms with Crippen LogP contribution in [0.1, 0.15) is 52.0 Å². The van der Waals surface area contributed by atoms with Crippen LogP contribution < -0.4 is 0 Å². The zero-order valence-electron chi connectivity index (χ0n) is 19.7. The Kier molecular flexibility index (Phi) is 4.88. The number of methoxy groups -OCH3 is 1. The van der Waals surface area contributed by atoms with Crippen LogP contribution in [0.2, 0.25) is 0 Å². The molecule has 1 aromatic heterocycles. The van der Waals surface area contributed by atoms with E-state index in [2.05, 4.69) is 6.92 Å². The van der Waals surface area contributed by atoms with Crippen LogP contribution in [0.4, 0.5) is 0 Å². The average Bonchev–Trinajstić information content (AvgIpc) is 3.45. The summed E-state index contributed by atoms with van der Waals surface area (Å²) in [7, 11) is 1.33. The first-order chi connectivity index (χ1) is 15.5. The number of carbonyl (C=O) groups is 2. The van der Waals surface area contributed by atoms with Crippen LogP contribution in [0, 0.1) is 22.7 Å². The first-order valence-corrected chi connectivity index (χ1v) is 11.6. The van der Waals surface area contributed by atoms with E-state index >= 15 is 0 Å². The molecule has 3 aliphatic carbocycles. The van der Waals surface area contributed by atoms with E-state index in [1.54, 1.807) is 26.4 Å². The Balaban J connectivity index is 1.71. The summed E-state index contributed by atoms with van der Waals surface area (Å²) >= 11 is 0. The Labute approximate surface area is 193 Å². The third-order valence-corrected chi connectivity index (χ3v) is 9.22. The zero-order valence-corrected chi connectivity index (χ0v) is 19.7. The number of ketones is 1. The minimum atomic E-state index is -1.43. The van der Waals surface area contributed by atoms with Gasteiger partial charge in [0.25, 0.3) is 0 Å². The van der Waals surface area contributed by atoms with Gasteiger partial charge in [0.2, 0.25) is 0 Å². The molecule has 33 heavy (non-hydrogen) atoms. The smallest absolute Gasteiger partial charge is 0.305 e. The molecule has 2 N–H and O–H groups in total. The fraction of sp³-hybridized carbons (Fsp3) is 0.615. The quantitative estimate of drug-likeness (QED) is 0.532. The SMILES string of the molecule is COC(=O)C[C@H]1[C@]2(C)C3=C(C)[C@H](c4ccoc4)C[C@@H]3O[C@@H]2[C@H](O)[C@@H]2[C@]1(C)C(=O)C=C[C@@]2(C)O. The van der Waals surface area contributed by atoms with Crippen molar-refractivity contribution in [3.05, 3.63) is 47.5 Å². The Hall–Kier alpha value is -2.22. The van der Waals surface area contributed by atoms with E-state index in [0.717, 1.165) is 16.7 Å². The number of carbonyl (C=O) groups excluding carboxylic acids is 2. The van der Waals surface area contributed by atoms with Gasteiger partial charge in [-0.2, -0.15) is 0 Å². The molecule has 0 bridgehead atoms. The topological polar surface area (TPSA) is 106 Å². The van der Waals surface area contributed by atoms with Crippen molar-refractivity contribution in [1.29, 1.82) is 0 Å². The molecule has 5 rings (SSSR count). The predicted octanol–water partition coefficient (Wildman–Crippen LogP) is 2.92. The summed E-state index contributed by atoms with van der Waals surface area (Å²) in [5.74, 6) is -1.87. The molecule has 1 aromatic rings. The van der Waals surface area contributed by atoms with Gasteiger partial charge < -0.3 is 24.1 Å². The number of aliphatic hydroxyl groups is 2. The molecule has 1 saturated carbocycles. The van der Waals surface area contributed by atoms with Gasteiger partial charge in [0, 0.05) is 22.7 Å². The van der Waals surface area contributed by atoms with E-state index in [9.17, 15) is 19.8 Å². The Bertz CT molecular complexity index is 1050. The summed E-state index contributed by atoms with van der Waals surface area (Å²) in [6, 6.07) is 1.95. The van der Waals surface area contributed by atoms with Crippen LogP contribution >= 0.6 is 0 Å². The monoisotopic (exact) mass is 456 g/mol. The van der Waals surface area contributed by atoms with Crippen molar-refractivity contribution >= 4 is 11.8 Å². The predicted molar refractivity (Wildman–Crippen MR) is 118 cm³/mol. The molecule has 0 aromatic carbocycles. The van der Waals surface area contributed by atoms with Crippen molar-refractivity contribution in [2.24, 2.45) is 22.7 Å². The van der Waals surface area contributed by atoms with Crippen LogP contribution in [0.25, 0.3) is 0 Å². The summed E-state index contributed by atoms with van der Waals surface area (Å²) in [6.45, 7) is 7.46. The number of rotatable bonds is 3. The van der Waals surface area contributed by atoms with Crippen LogP contribution in [-0.4, -0.2) is 53.0 Å². The molecule has 2 heterocycles. The average molecular weight is 457 g/mol. The van der Waals surface area contributed by atoms with Gasteiger partial charge in [-0.05, 0) is 55.5 Å². The molecule has 7 nitrogen and oxygen atoms in total. The van der Waals surface area contributed by atoms with Gasteiger partial charge in [0.1, 0.15) is 0 Å². The molecular formula is C26H32O7. The number of allylic oxidation sites excluding steroid dienone is 2. The number of esters is 1. The number of aliphatic hydroxyl groups excluding tert-OH is 1. The minimum Gasteiger partial charge on any atom is -0.472 e. The molecule has 0 unspecified atom stereocenters. The normalized spacial score (nSPS) is 46.2. The maximum absolute atomic E-state index is 13.5. The molecule has 7 heteroatoms. The lowest BCUT2D eigenvalue weighted by Crippen LogP contribution is -2.69. The lowest BCUT2D eigenvalue weighted by molar-refractivity contribution is -0.222. The molecule has 0 spiro atoms. The van der Waals surface area contributed by atoms with E-state index in [4.69, 9.17) is 13.9 Å². The summed E-state index contributed by atoms with van der Waals surface area (Å²) in [6.07, 6.45) is 4.95. The maximum Gasteiger partial charge on any atom is 0.305 e. The summed E-state index contributed by atoms with van der Waals surface area (Å²) < 4.78 is 16.9. The third-order valence-electron chi connectivity index (χ3n) is 9.22. The molecule has 1 aliphatic heterocycles. The first kappa shape index (κ1) is 22.6. The Morgan fingerprint density at radius 1 is 1.27 bits per heavy atom. The van der Waals surface area contributed by atoms with E-state index < -0.39 is 46.4 Å². The van der Waals surface area contributed by atoms with E-state index in [0.29, 0.717) is 6.42 Å². The molecule has 0 radical (unpaired) electrons. The van der Waals surface area contributed by atoms with Gasteiger partial charge in [-0.3, -0.25) is 9.59 Å². The molecule has 2 fully saturated rings. The number of hydrogen-bond donors (Lipinski definition) is 2. The van der Waals surface area contributed by atoms with E-state index in [1.807, 2.05) is 13.0 Å². The van der Waals surface area contributed by atoms with Crippen molar-refractivity contribution in [3.8, 4) is 0 Å². The molecule has 9 atom stereocenters. The van der Waals surface area contributed by atoms with Gasteiger partial charge in [-0.25, -0.2) is 0 Å². The van der Waals surface area contributed by atoms with Crippen molar-refractivity contribution in [3.63, 3.8) is 0 Å². The highest BCUT2D eigenvalue weighted by Gasteiger charge is 2.73. The lowest BCUT2D eigenvalue weighted by atomic mass is 9.43. The lowest BCUT2D eigenvalue weighted by Gasteiger charge is -2.61. The van der Waals surface area contributed by atoms with Crippen LogP contribution in [0.5, 0.6) is 0 Å². The second-order valence-corrected chi connectivity index (χ2v) is 10.8. The second kappa shape index (κ2) is 7.14. The summed E-state index contributed by atoms with van der Waals surface area (Å²) in [4.78, 5) is 26.1. The standard InChI is InChI=1S/C26H32O7/c1-13-15(14-7-9-32-12-14)10-16-20(13)26(4)17(11-19(28)31-5)25(3)18(27)6-8-24(2,30)22(25)21(29)23(26)33-16/h6-9,12,15-17,21-23,29-30H,10-11H2,1-5H3/t15-,16+,17-,21-,22+,23-,24-,25+,26-/m1/s1. The van der Waals surface area contributed by atoms with Gasteiger partial charge >= 0.3 is 5.97 Å². The number of fused-ring (bicyclic) bond motifs is 4. The zero-order chi connectivity index (χ0) is 23.9. The first-order valence-electron chi connectivity index (χ1n) is 11.6. The van der Waals surface area contributed by atoms with E-state index in [-0.39, 0.29) is 24.2 Å². The van der Waals surface area contributed by atoms with Crippen LogP contribution in [0.15, 0.2) is 46.3 Å². The minimum absolute atomic E-state index is 0.0118. The van der Waals surface area contributed by atoms with Crippen LogP contribution in [0.3, 0.4) is 0 Å². The highest BCUT2D eigenvalue weighted by molar-refractivity contribution is 5.97. The molecular weight excluding hydrogens is 424 g/mol. The fourth-order valence-electron chi connectivity index (χ4n) is 7.85. The highest BCUT2D eigenvalue weighted by Crippen LogP contribution is 2.68. The Morgan fingerprint density at radius 3 is 2.64 bits per heavy atom. The van der Waals surface area contributed by atoms with E-state index in [1.165, 1.54) is 19.3 Å². The highest BCUT2D eigenvalue weighted by atomic mass is 16.5. The van der Waals surface area contributed by atoms with Gasteiger partial charge in [-0.1, -0.05) is 19.4 Å². The fourth-order valence-corrected chi connectivity index (χ4v) is 7.85. The molecule has 178 valence electrons. The van der Waals surface area contributed by atoms with Crippen LogP contribution in [-0.2, 0) is 19.1 Å². The van der Waals surface area contributed by atoms with Gasteiger partial charge in [0.05, 0.1) is 50.0 Å². The maximum atomic E-state index is 13.5. The van der Waals surface area contributed by atoms with Gasteiger partial charge in [0.15, 0.2) is 5.78 Å². The number of hydrogen-bond acceptors (Lipinski definition) is 7. The molecule has 0 amide bonds. The second-order valence-electron chi connectivity index (χ2n) is 10.8.